The Morgan fingerprint density at radius 2 is 1.70 bits per heavy atom. The summed E-state index contributed by atoms with van der Waals surface area (Å²) in [6.07, 6.45) is 1.47. The van der Waals surface area contributed by atoms with E-state index in [2.05, 4.69) is 15.8 Å². The zero-order chi connectivity index (χ0) is 15.0. The SMILES string of the molecule is CCC(CC)=NNC(=O)C(=O)Nc1ccc(OC)cc1. The molecule has 1 aromatic rings. The van der Waals surface area contributed by atoms with Gasteiger partial charge in [-0.1, -0.05) is 13.8 Å². The molecule has 2 amide bonds. The van der Waals surface area contributed by atoms with Gasteiger partial charge in [-0.05, 0) is 37.1 Å². The Kier molecular flexibility index (Phi) is 6.22. The fourth-order valence-corrected chi connectivity index (χ4v) is 1.45. The van der Waals surface area contributed by atoms with E-state index in [4.69, 9.17) is 4.74 Å². The highest BCUT2D eigenvalue weighted by molar-refractivity contribution is 6.39. The quantitative estimate of drug-likeness (QED) is 0.490. The van der Waals surface area contributed by atoms with Crippen LogP contribution >= 0.6 is 0 Å². The molecular weight excluding hydrogens is 258 g/mol. The molecule has 0 saturated carbocycles. The molecule has 6 nitrogen and oxygen atoms in total. The third-order valence-electron chi connectivity index (χ3n) is 2.69. The van der Waals surface area contributed by atoms with Crippen molar-refractivity contribution in [2.75, 3.05) is 12.4 Å². The number of amides is 2. The number of carbonyl (C=O) groups excluding carboxylic acids is 2. The molecule has 0 aliphatic rings. The zero-order valence-electron chi connectivity index (χ0n) is 11.9. The van der Waals surface area contributed by atoms with E-state index in [0.29, 0.717) is 11.4 Å². The highest BCUT2D eigenvalue weighted by Gasteiger charge is 2.13. The van der Waals surface area contributed by atoms with Crippen LogP contribution in [0.1, 0.15) is 26.7 Å². The van der Waals surface area contributed by atoms with E-state index in [1.807, 2.05) is 13.8 Å². The number of hydrogen-bond acceptors (Lipinski definition) is 4. The Balaban J connectivity index is 2.57. The number of benzene rings is 1. The van der Waals surface area contributed by atoms with Crippen LogP contribution in [0.3, 0.4) is 0 Å². The maximum atomic E-state index is 11.6. The fourth-order valence-electron chi connectivity index (χ4n) is 1.45. The first-order valence-electron chi connectivity index (χ1n) is 6.41. The van der Waals surface area contributed by atoms with Gasteiger partial charge >= 0.3 is 11.8 Å². The first kappa shape index (κ1) is 15.7. The molecule has 0 radical (unpaired) electrons. The van der Waals surface area contributed by atoms with Gasteiger partial charge in [0.25, 0.3) is 0 Å². The molecule has 0 saturated heterocycles. The standard InChI is InChI=1S/C14H19N3O3/c1-4-10(5-2)16-17-14(19)13(18)15-11-6-8-12(20-3)9-7-11/h6-9H,4-5H2,1-3H3,(H,15,18)(H,17,19). The predicted molar refractivity (Wildman–Crippen MR) is 77.8 cm³/mol. The molecule has 0 unspecified atom stereocenters. The number of nitrogens with one attached hydrogen (secondary N) is 2. The Morgan fingerprint density at radius 1 is 1.10 bits per heavy atom. The van der Waals surface area contributed by atoms with Crippen LogP contribution in [0.2, 0.25) is 0 Å². The number of anilines is 1. The predicted octanol–water partition coefficient (Wildman–Crippen LogP) is 1.93. The largest absolute Gasteiger partial charge is 0.497 e. The monoisotopic (exact) mass is 277 g/mol. The van der Waals surface area contributed by atoms with E-state index in [9.17, 15) is 9.59 Å². The summed E-state index contributed by atoms with van der Waals surface area (Å²) in [6, 6.07) is 6.68. The van der Waals surface area contributed by atoms with Crippen LogP contribution in [0, 0.1) is 0 Å². The Labute approximate surface area is 118 Å². The molecule has 0 bridgehead atoms. The van der Waals surface area contributed by atoms with Gasteiger partial charge in [-0.15, -0.1) is 0 Å². The molecule has 0 fully saturated rings. The number of nitrogens with zero attached hydrogens (tertiary/aromatic N) is 1. The molecule has 0 atom stereocenters. The Bertz CT molecular complexity index is 489. The lowest BCUT2D eigenvalue weighted by molar-refractivity contribution is -0.136. The number of hydrazone groups is 1. The first-order valence-corrected chi connectivity index (χ1v) is 6.41. The number of rotatable bonds is 5. The number of methoxy groups -OCH3 is 1. The van der Waals surface area contributed by atoms with Crippen molar-refractivity contribution in [3.63, 3.8) is 0 Å². The second-order valence-corrected chi connectivity index (χ2v) is 4.01. The van der Waals surface area contributed by atoms with E-state index in [0.717, 1.165) is 18.6 Å². The Hall–Kier alpha value is -2.37. The normalized spacial score (nSPS) is 9.55. The maximum Gasteiger partial charge on any atom is 0.329 e. The van der Waals surface area contributed by atoms with E-state index >= 15 is 0 Å². The Morgan fingerprint density at radius 3 is 2.20 bits per heavy atom. The van der Waals surface area contributed by atoms with Gasteiger partial charge in [0.2, 0.25) is 0 Å². The highest BCUT2D eigenvalue weighted by Crippen LogP contribution is 2.14. The van der Waals surface area contributed by atoms with Crippen LogP contribution in [-0.2, 0) is 9.59 Å². The third kappa shape index (κ3) is 4.72. The summed E-state index contributed by atoms with van der Waals surface area (Å²) in [6.45, 7) is 3.87. The molecule has 0 aliphatic carbocycles. The van der Waals surface area contributed by atoms with Gasteiger partial charge < -0.3 is 10.1 Å². The molecule has 0 aromatic heterocycles. The molecule has 1 rings (SSSR count). The molecule has 108 valence electrons. The van der Waals surface area contributed by atoms with Crippen molar-refractivity contribution >= 4 is 23.2 Å². The average molecular weight is 277 g/mol. The van der Waals surface area contributed by atoms with Crippen molar-refractivity contribution in [1.82, 2.24) is 5.43 Å². The number of carbonyl (C=O) groups is 2. The second-order valence-electron chi connectivity index (χ2n) is 4.01. The lowest BCUT2D eigenvalue weighted by Crippen LogP contribution is -2.32. The number of hydrogen-bond donors (Lipinski definition) is 2. The van der Waals surface area contributed by atoms with Crippen LogP contribution in [0.5, 0.6) is 5.75 Å². The van der Waals surface area contributed by atoms with Gasteiger partial charge in [-0.25, -0.2) is 5.43 Å². The third-order valence-corrected chi connectivity index (χ3v) is 2.69. The molecule has 0 heterocycles. The second kappa shape index (κ2) is 7.93. The summed E-state index contributed by atoms with van der Waals surface area (Å²) in [5, 5.41) is 6.36. The minimum Gasteiger partial charge on any atom is -0.497 e. The van der Waals surface area contributed by atoms with Gasteiger partial charge in [0.15, 0.2) is 0 Å². The summed E-state index contributed by atoms with van der Waals surface area (Å²) < 4.78 is 5.00. The molecule has 2 N–H and O–H groups in total. The topological polar surface area (TPSA) is 79.8 Å². The summed E-state index contributed by atoms with van der Waals surface area (Å²) in [5.41, 5.74) is 3.58. The van der Waals surface area contributed by atoms with E-state index in [1.165, 1.54) is 0 Å². The smallest absolute Gasteiger partial charge is 0.329 e. The lowest BCUT2D eigenvalue weighted by Gasteiger charge is -2.06. The summed E-state index contributed by atoms with van der Waals surface area (Å²) >= 11 is 0. The van der Waals surface area contributed by atoms with Gasteiger partial charge in [0.05, 0.1) is 7.11 Å². The summed E-state index contributed by atoms with van der Waals surface area (Å²) in [5.74, 6) is -0.877. The van der Waals surface area contributed by atoms with Gasteiger partial charge in [0, 0.05) is 11.4 Å². The van der Waals surface area contributed by atoms with Crippen LogP contribution in [0.25, 0.3) is 0 Å². The molecule has 1 aromatic carbocycles. The van der Waals surface area contributed by atoms with Crippen LogP contribution in [-0.4, -0.2) is 24.6 Å². The van der Waals surface area contributed by atoms with Crippen molar-refractivity contribution in [2.45, 2.75) is 26.7 Å². The lowest BCUT2D eigenvalue weighted by atomic mass is 10.2. The zero-order valence-corrected chi connectivity index (χ0v) is 11.9. The molecule has 20 heavy (non-hydrogen) atoms. The van der Waals surface area contributed by atoms with Gasteiger partial charge in [-0.3, -0.25) is 9.59 Å². The maximum absolute atomic E-state index is 11.6. The molecule has 6 heteroatoms. The summed E-state index contributed by atoms with van der Waals surface area (Å²) in [4.78, 5) is 23.2. The van der Waals surface area contributed by atoms with Gasteiger partial charge in [-0.2, -0.15) is 5.10 Å². The average Bonchev–Trinajstić information content (AvgIpc) is 2.48. The van der Waals surface area contributed by atoms with Gasteiger partial charge in [0.1, 0.15) is 5.75 Å². The minimum atomic E-state index is -0.791. The van der Waals surface area contributed by atoms with E-state index in [-0.39, 0.29) is 0 Å². The fraction of sp³-hybridized carbons (Fsp3) is 0.357. The highest BCUT2D eigenvalue weighted by atomic mass is 16.5. The van der Waals surface area contributed by atoms with Crippen LogP contribution < -0.4 is 15.5 Å². The van der Waals surface area contributed by atoms with Crippen molar-refractivity contribution in [3.05, 3.63) is 24.3 Å². The summed E-state index contributed by atoms with van der Waals surface area (Å²) in [7, 11) is 1.55. The molecule has 0 spiro atoms. The molecular formula is C14H19N3O3. The first-order chi connectivity index (χ1) is 9.60. The van der Waals surface area contributed by atoms with Crippen molar-refractivity contribution in [3.8, 4) is 5.75 Å². The van der Waals surface area contributed by atoms with E-state index in [1.54, 1.807) is 31.4 Å². The molecule has 0 aliphatic heterocycles. The van der Waals surface area contributed by atoms with Crippen LogP contribution in [0.15, 0.2) is 29.4 Å². The van der Waals surface area contributed by atoms with Crippen molar-refractivity contribution in [2.24, 2.45) is 5.10 Å². The van der Waals surface area contributed by atoms with E-state index < -0.39 is 11.8 Å². The van der Waals surface area contributed by atoms with Crippen molar-refractivity contribution in [1.29, 1.82) is 0 Å². The minimum absolute atomic E-state index is 0.515. The van der Waals surface area contributed by atoms with Crippen molar-refractivity contribution < 1.29 is 14.3 Å². The number of ether oxygens (including phenoxy) is 1. The van der Waals surface area contributed by atoms with Crippen LogP contribution in [0.4, 0.5) is 5.69 Å².